The van der Waals surface area contributed by atoms with Gasteiger partial charge in [-0.25, -0.2) is 0 Å². The maximum atomic E-state index is 11.1. The number of rotatable bonds is 7. The van der Waals surface area contributed by atoms with Crippen LogP contribution in [0.1, 0.15) is 19.4 Å². The zero-order valence-electron chi connectivity index (χ0n) is 15.6. The molecular weight excluding hydrogens is 360 g/mol. The number of hydrogen-bond acceptors (Lipinski definition) is 5. The standard InChI is InChI=1S/C20H22N4O2S/c1-4-24-19(16-7-11-18(26-3)12-8-16)22-23-20(24)27-13-15-5-9-17(10-6-15)21-14(2)25/h5-12H,4,13H2,1-3H3,(H,21,25). The molecule has 3 rings (SSSR count). The fourth-order valence-corrected chi connectivity index (χ4v) is 3.63. The lowest BCUT2D eigenvalue weighted by Gasteiger charge is -2.08. The monoisotopic (exact) mass is 382 g/mol. The molecule has 7 heteroatoms. The highest BCUT2D eigenvalue weighted by Gasteiger charge is 2.13. The van der Waals surface area contributed by atoms with Gasteiger partial charge in [-0.05, 0) is 48.9 Å². The lowest BCUT2D eigenvalue weighted by Crippen LogP contribution is -2.05. The Morgan fingerprint density at radius 3 is 2.41 bits per heavy atom. The maximum Gasteiger partial charge on any atom is 0.221 e. The Labute approximate surface area is 163 Å². The van der Waals surface area contributed by atoms with Gasteiger partial charge in [0.1, 0.15) is 5.75 Å². The van der Waals surface area contributed by atoms with Crippen molar-refractivity contribution in [2.24, 2.45) is 0 Å². The normalized spacial score (nSPS) is 10.6. The maximum absolute atomic E-state index is 11.1. The van der Waals surface area contributed by atoms with Gasteiger partial charge >= 0.3 is 0 Å². The molecule has 140 valence electrons. The Morgan fingerprint density at radius 1 is 1.11 bits per heavy atom. The Balaban J connectivity index is 1.72. The molecule has 0 aliphatic rings. The van der Waals surface area contributed by atoms with Crippen LogP contribution in [0, 0.1) is 0 Å². The summed E-state index contributed by atoms with van der Waals surface area (Å²) < 4.78 is 7.32. The number of benzene rings is 2. The van der Waals surface area contributed by atoms with E-state index in [-0.39, 0.29) is 5.91 Å². The van der Waals surface area contributed by atoms with E-state index in [4.69, 9.17) is 4.74 Å². The van der Waals surface area contributed by atoms with Gasteiger partial charge < -0.3 is 14.6 Å². The second-order valence-electron chi connectivity index (χ2n) is 5.95. The van der Waals surface area contributed by atoms with Gasteiger partial charge in [0.15, 0.2) is 11.0 Å². The molecule has 3 aromatic rings. The molecular formula is C20H22N4O2S. The molecule has 1 heterocycles. The van der Waals surface area contributed by atoms with E-state index in [9.17, 15) is 4.79 Å². The number of amides is 1. The van der Waals surface area contributed by atoms with E-state index in [0.717, 1.165) is 45.8 Å². The molecule has 0 fully saturated rings. The number of carbonyl (C=O) groups is 1. The van der Waals surface area contributed by atoms with Crippen LogP contribution in [0.5, 0.6) is 5.75 Å². The van der Waals surface area contributed by atoms with Gasteiger partial charge in [-0.15, -0.1) is 10.2 Å². The summed E-state index contributed by atoms with van der Waals surface area (Å²) in [7, 11) is 1.65. The van der Waals surface area contributed by atoms with Crippen LogP contribution in [0.4, 0.5) is 5.69 Å². The molecule has 0 atom stereocenters. The second kappa shape index (κ2) is 8.73. The number of methoxy groups -OCH3 is 1. The highest BCUT2D eigenvalue weighted by Crippen LogP contribution is 2.27. The number of carbonyl (C=O) groups excluding carboxylic acids is 1. The van der Waals surface area contributed by atoms with Gasteiger partial charge in [0.25, 0.3) is 0 Å². The minimum Gasteiger partial charge on any atom is -0.497 e. The summed E-state index contributed by atoms with van der Waals surface area (Å²) in [5.74, 6) is 2.38. The zero-order valence-corrected chi connectivity index (χ0v) is 16.4. The molecule has 0 unspecified atom stereocenters. The summed E-state index contributed by atoms with van der Waals surface area (Å²) in [5, 5.41) is 12.4. The summed E-state index contributed by atoms with van der Waals surface area (Å²) in [4.78, 5) is 11.1. The van der Waals surface area contributed by atoms with Crippen LogP contribution in [0.15, 0.2) is 53.7 Å². The van der Waals surface area contributed by atoms with Gasteiger partial charge in [-0.1, -0.05) is 23.9 Å². The third-order valence-electron chi connectivity index (χ3n) is 4.02. The minimum atomic E-state index is -0.0702. The first-order valence-corrected chi connectivity index (χ1v) is 9.66. The summed E-state index contributed by atoms with van der Waals surface area (Å²) in [5.41, 5.74) is 2.97. The van der Waals surface area contributed by atoms with Crippen molar-refractivity contribution in [3.63, 3.8) is 0 Å². The molecule has 1 aromatic heterocycles. The van der Waals surface area contributed by atoms with Crippen LogP contribution >= 0.6 is 11.8 Å². The van der Waals surface area contributed by atoms with E-state index in [2.05, 4.69) is 27.0 Å². The van der Waals surface area contributed by atoms with E-state index in [1.807, 2.05) is 48.5 Å². The fraction of sp³-hybridized carbons (Fsp3) is 0.250. The highest BCUT2D eigenvalue weighted by molar-refractivity contribution is 7.98. The summed E-state index contributed by atoms with van der Waals surface area (Å²) in [6.45, 7) is 4.38. The Kier molecular flexibility index (Phi) is 6.13. The minimum absolute atomic E-state index is 0.0702. The van der Waals surface area contributed by atoms with Crippen LogP contribution in [-0.2, 0) is 17.1 Å². The number of aromatic nitrogens is 3. The molecule has 6 nitrogen and oxygen atoms in total. The highest BCUT2D eigenvalue weighted by atomic mass is 32.2. The number of nitrogens with one attached hydrogen (secondary N) is 1. The van der Waals surface area contributed by atoms with Gasteiger partial charge in [0, 0.05) is 30.5 Å². The van der Waals surface area contributed by atoms with E-state index in [1.165, 1.54) is 6.92 Å². The van der Waals surface area contributed by atoms with Gasteiger partial charge in [0.05, 0.1) is 7.11 Å². The van der Waals surface area contributed by atoms with Crippen molar-refractivity contribution < 1.29 is 9.53 Å². The van der Waals surface area contributed by atoms with Crippen LogP contribution in [0.25, 0.3) is 11.4 Å². The Bertz CT molecular complexity index is 905. The molecule has 0 aliphatic carbocycles. The van der Waals surface area contributed by atoms with Crippen molar-refractivity contribution >= 4 is 23.4 Å². The van der Waals surface area contributed by atoms with Crippen molar-refractivity contribution in [1.82, 2.24) is 14.8 Å². The first kappa shape index (κ1) is 19.0. The molecule has 27 heavy (non-hydrogen) atoms. The molecule has 0 bridgehead atoms. The number of anilines is 1. The van der Waals surface area contributed by atoms with Gasteiger partial charge in [-0.2, -0.15) is 0 Å². The van der Waals surface area contributed by atoms with Crippen molar-refractivity contribution in [3.05, 3.63) is 54.1 Å². The SMILES string of the molecule is CCn1c(SCc2ccc(NC(C)=O)cc2)nnc1-c1ccc(OC)cc1. The predicted molar refractivity (Wildman–Crippen MR) is 108 cm³/mol. The van der Waals surface area contributed by atoms with Crippen molar-refractivity contribution in [2.45, 2.75) is 31.3 Å². The lowest BCUT2D eigenvalue weighted by atomic mass is 10.2. The number of nitrogens with zero attached hydrogens (tertiary/aromatic N) is 3. The molecule has 0 radical (unpaired) electrons. The number of thioether (sulfide) groups is 1. The zero-order chi connectivity index (χ0) is 19.2. The predicted octanol–water partition coefficient (Wildman–Crippen LogP) is 4.22. The number of ether oxygens (including phenoxy) is 1. The van der Waals surface area contributed by atoms with Gasteiger partial charge in [-0.3, -0.25) is 4.79 Å². The first-order chi connectivity index (χ1) is 13.1. The quantitative estimate of drug-likeness (QED) is 0.620. The molecule has 0 spiro atoms. The molecule has 1 N–H and O–H groups in total. The molecule has 0 saturated heterocycles. The summed E-state index contributed by atoms with van der Waals surface area (Å²) in [6, 6.07) is 15.7. The first-order valence-electron chi connectivity index (χ1n) is 8.67. The fourth-order valence-electron chi connectivity index (χ4n) is 2.67. The van der Waals surface area contributed by atoms with Crippen LogP contribution in [0.2, 0.25) is 0 Å². The third kappa shape index (κ3) is 4.68. The number of hydrogen-bond donors (Lipinski definition) is 1. The average Bonchev–Trinajstić information content (AvgIpc) is 3.10. The topological polar surface area (TPSA) is 69.0 Å². The Morgan fingerprint density at radius 2 is 1.81 bits per heavy atom. The lowest BCUT2D eigenvalue weighted by molar-refractivity contribution is -0.114. The average molecular weight is 382 g/mol. The second-order valence-corrected chi connectivity index (χ2v) is 6.89. The van der Waals surface area contributed by atoms with Crippen molar-refractivity contribution in [2.75, 3.05) is 12.4 Å². The third-order valence-corrected chi connectivity index (χ3v) is 5.06. The molecule has 0 saturated carbocycles. The van der Waals surface area contributed by atoms with E-state index in [0.29, 0.717) is 0 Å². The van der Waals surface area contributed by atoms with Gasteiger partial charge in [0.2, 0.25) is 5.91 Å². The van der Waals surface area contributed by atoms with E-state index >= 15 is 0 Å². The molecule has 0 aliphatic heterocycles. The van der Waals surface area contributed by atoms with E-state index < -0.39 is 0 Å². The smallest absolute Gasteiger partial charge is 0.221 e. The largest absolute Gasteiger partial charge is 0.497 e. The van der Waals surface area contributed by atoms with E-state index in [1.54, 1.807) is 18.9 Å². The molecule has 1 amide bonds. The molecule has 2 aromatic carbocycles. The van der Waals surface area contributed by atoms with Crippen molar-refractivity contribution in [1.29, 1.82) is 0 Å². The summed E-state index contributed by atoms with van der Waals surface area (Å²) >= 11 is 1.64. The Hall–Kier alpha value is -2.80. The van der Waals surface area contributed by atoms with Crippen LogP contribution in [-0.4, -0.2) is 27.8 Å². The van der Waals surface area contributed by atoms with Crippen LogP contribution < -0.4 is 10.1 Å². The van der Waals surface area contributed by atoms with Crippen LogP contribution in [0.3, 0.4) is 0 Å². The van der Waals surface area contributed by atoms with Crippen molar-refractivity contribution in [3.8, 4) is 17.1 Å². The summed E-state index contributed by atoms with van der Waals surface area (Å²) in [6.07, 6.45) is 0.